The quantitative estimate of drug-likeness (QED) is 0.831. The van der Waals surface area contributed by atoms with Gasteiger partial charge in [-0.25, -0.2) is 0 Å². The monoisotopic (exact) mass is 298 g/mol. The predicted octanol–water partition coefficient (Wildman–Crippen LogP) is 1.86. The van der Waals surface area contributed by atoms with Crippen molar-refractivity contribution in [3.63, 3.8) is 0 Å². The van der Waals surface area contributed by atoms with Crippen molar-refractivity contribution in [3.8, 4) is 5.75 Å². The van der Waals surface area contributed by atoms with E-state index in [-0.39, 0.29) is 5.91 Å². The van der Waals surface area contributed by atoms with Gasteiger partial charge in [-0.1, -0.05) is 6.07 Å². The molecule has 2 rings (SSSR count). The Hall–Kier alpha value is -1.01. The normalized spacial score (nSPS) is 18.9. The van der Waals surface area contributed by atoms with Crippen molar-refractivity contribution >= 4 is 35.1 Å². The highest BCUT2D eigenvalue weighted by Crippen LogP contribution is 2.26. The fourth-order valence-electron chi connectivity index (χ4n) is 1.92. The standard InChI is InChI=1S/C13H18N2O2S2/c1-17-12-10(3-2-4-11(12)14)13(16)15-7-9-8-18-5-6-19-9/h2-4,9H,5-8,14H2,1H3,(H,15,16). The van der Waals surface area contributed by atoms with Crippen LogP contribution >= 0.6 is 23.5 Å². The van der Waals surface area contributed by atoms with E-state index in [9.17, 15) is 4.79 Å². The Morgan fingerprint density at radius 2 is 2.37 bits per heavy atom. The number of nitrogens with two attached hydrogens (primary N) is 1. The number of anilines is 1. The van der Waals surface area contributed by atoms with Gasteiger partial charge in [0.25, 0.3) is 5.91 Å². The number of rotatable bonds is 4. The molecule has 1 amide bonds. The van der Waals surface area contributed by atoms with E-state index in [1.165, 1.54) is 12.9 Å². The van der Waals surface area contributed by atoms with E-state index >= 15 is 0 Å². The maximum absolute atomic E-state index is 12.2. The van der Waals surface area contributed by atoms with E-state index in [1.807, 2.05) is 23.5 Å². The molecule has 0 radical (unpaired) electrons. The highest BCUT2D eigenvalue weighted by molar-refractivity contribution is 8.06. The first kappa shape index (κ1) is 14.4. The van der Waals surface area contributed by atoms with E-state index in [1.54, 1.807) is 18.2 Å². The number of ether oxygens (including phenoxy) is 1. The molecular formula is C13H18N2O2S2. The molecule has 0 bridgehead atoms. The summed E-state index contributed by atoms with van der Waals surface area (Å²) < 4.78 is 5.19. The van der Waals surface area contributed by atoms with Crippen LogP contribution < -0.4 is 15.8 Å². The topological polar surface area (TPSA) is 64.3 Å². The average Bonchev–Trinajstić information content (AvgIpc) is 2.45. The first-order valence-electron chi connectivity index (χ1n) is 6.12. The summed E-state index contributed by atoms with van der Waals surface area (Å²) in [6, 6.07) is 5.22. The van der Waals surface area contributed by atoms with Crippen molar-refractivity contribution in [3.05, 3.63) is 23.8 Å². The van der Waals surface area contributed by atoms with Gasteiger partial charge >= 0.3 is 0 Å². The predicted molar refractivity (Wildman–Crippen MR) is 83.3 cm³/mol. The van der Waals surface area contributed by atoms with Crippen LogP contribution in [0.4, 0.5) is 5.69 Å². The zero-order valence-corrected chi connectivity index (χ0v) is 12.5. The van der Waals surface area contributed by atoms with Crippen LogP contribution in [0.15, 0.2) is 18.2 Å². The van der Waals surface area contributed by atoms with Gasteiger partial charge in [0, 0.05) is 29.1 Å². The third kappa shape index (κ3) is 3.73. The summed E-state index contributed by atoms with van der Waals surface area (Å²) in [6.07, 6.45) is 0. The molecule has 1 aromatic carbocycles. The molecule has 1 aromatic rings. The second-order valence-electron chi connectivity index (χ2n) is 4.21. The van der Waals surface area contributed by atoms with Crippen LogP contribution in [-0.2, 0) is 0 Å². The lowest BCUT2D eigenvalue weighted by Crippen LogP contribution is -2.33. The molecule has 3 N–H and O–H groups in total. The summed E-state index contributed by atoms with van der Waals surface area (Å²) in [5, 5.41) is 3.46. The molecule has 0 aliphatic carbocycles. The van der Waals surface area contributed by atoms with Crippen LogP contribution in [0.1, 0.15) is 10.4 Å². The van der Waals surface area contributed by atoms with Crippen LogP contribution in [0.25, 0.3) is 0 Å². The Bertz CT molecular complexity index is 448. The van der Waals surface area contributed by atoms with Gasteiger partial charge in [0.2, 0.25) is 0 Å². The minimum absolute atomic E-state index is 0.125. The van der Waals surface area contributed by atoms with Gasteiger partial charge < -0.3 is 15.8 Å². The number of thioether (sulfide) groups is 2. The van der Waals surface area contributed by atoms with Crippen LogP contribution in [0.5, 0.6) is 5.75 Å². The van der Waals surface area contributed by atoms with Gasteiger partial charge in [0.15, 0.2) is 5.75 Å². The van der Waals surface area contributed by atoms with Gasteiger partial charge in [-0.15, -0.1) is 0 Å². The SMILES string of the molecule is COc1c(N)cccc1C(=O)NCC1CSCCS1. The molecule has 1 saturated heterocycles. The highest BCUT2D eigenvalue weighted by Gasteiger charge is 2.18. The van der Waals surface area contributed by atoms with Gasteiger partial charge in [-0.2, -0.15) is 23.5 Å². The van der Waals surface area contributed by atoms with Crippen LogP contribution in [0.2, 0.25) is 0 Å². The molecule has 0 spiro atoms. The molecule has 0 aromatic heterocycles. The van der Waals surface area contributed by atoms with E-state index in [0.29, 0.717) is 28.8 Å². The number of nitrogens with one attached hydrogen (secondary N) is 1. The Morgan fingerprint density at radius 1 is 1.53 bits per heavy atom. The largest absolute Gasteiger partial charge is 0.494 e. The molecule has 1 atom stereocenters. The molecule has 4 nitrogen and oxygen atoms in total. The van der Waals surface area contributed by atoms with Crippen LogP contribution in [0.3, 0.4) is 0 Å². The maximum Gasteiger partial charge on any atom is 0.255 e. The third-order valence-corrected chi connectivity index (χ3v) is 5.71. The number of carbonyl (C=O) groups excluding carboxylic acids is 1. The number of amides is 1. The van der Waals surface area contributed by atoms with E-state index < -0.39 is 0 Å². The van der Waals surface area contributed by atoms with Gasteiger partial charge in [0.1, 0.15) is 0 Å². The van der Waals surface area contributed by atoms with Crippen LogP contribution in [0, 0.1) is 0 Å². The molecule has 1 fully saturated rings. The summed E-state index contributed by atoms with van der Waals surface area (Å²) in [6.45, 7) is 0.689. The van der Waals surface area contributed by atoms with Crippen LogP contribution in [-0.4, -0.2) is 42.1 Å². The van der Waals surface area contributed by atoms with Crippen molar-refractivity contribution in [2.45, 2.75) is 5.25 Å². The van der Waals surface area contributed by atoms with Gasteiger partial charge in [-0.05, 0) is 12.1 Å². The first-order chi connectivity index (χ1) is 9.22. The van der Waals surface area contributed by atoms with E-state index in [0.717, 1.165) is 11.5 Å². The molecule has 1 aliphatic rings. The Morgan fingerprint density at radius 3 is 3.05 bits per heavy atom. The molecule has 19 heavy (non-hydrogen) atoms. The summed E-state index contributed by atoms with van der Waals surface area (Å²) in [4.78, 5) is 12.2. The summed E-state index contributed by atoms with van der Waals surface area (Å²) >= 11 is 3.87. The lowest BCUT2D eigenvalue weighted by Gasteiger charge is -2.21. The van der Waals surface area contributed by atoms with Gasteiger partial charge in [-0.3, -0.25) is 4.79 Å². The average molecular weight is 298 g/mol. The zero-order valence-electron chi connectivity index (χ0n) is 10.8. The number of carbonyl (C=O) groups is 1. The third-order valence-electron chi connectivity index (χ3n) is 2.87. The molecular weight excluding hydrogens is 280 g/mol. The summed E-state index contributed by atoms with van der Waals surface area (Å²) in [5.41, 5.74) is 6.78. The summed E-state index contributed by atoms with van der Waals surface area (Å²) in [7, 11) is 1.52. The van der Waals surface area contributed by atoms with E-state index in [4.69, 9.17) is 10.5 Å². The van der Waals surface area contributed by atoms with Crippen molar-refractivity contribution in [1.82, 2.24) is 5.32 Å². The Labute approximate surface area is 121 Å². The molecule has 1 unspecified atom stereocenters. The zero-order chi connectivity index (χ0) is 13.7. The number of hydrogen-bond acceptors (Lipinski definition) is 5. The van der Waals surface area contributed by atoms with Gasteiger partial charge in [0.05, 0.1) is 18.4 Å². The minimum Gasteiger partial charge on any atom is -0.494 e. The second-order valence-corrected chi connectivity index (χ2v) is 6.76. The smallest absolute Gasteiger partial charge is 0.255 e. The number of hydrogen-bond donors (Lipinski definition) is 2. The number of nitrogen functional groups attached to an aromatic ring is 1. The fourth-order valence-corrected chi connectivity index (χ4v) is 4.53. The Balaban J connectivity index is 1.97. The van der Waals surface area contributed by atoms with E-state index in [2.05, 4.69) is 5.32 Å². The molecule has 1 heterocycles. The maximum atomic E-state index is 12.2. The van der Waals surface area contributed by atoms with Crippen molar-refractivity contribution in [2.24, 2.45) is 0 Å². The molecule has 1 aliphatic heterocycles. The summed E-state index contributed by atoms with van der Waals surface area (Å²) in [5.74, 6) is 3.79. The number of benzene rings is 1. The second kappa shape index (κ2) is 6.96. The van der Waals surface area contributed by atoms with Crippen molar-refractivity contribution < 1.29 is 9.53 Å². The first-order valence-corrected chi connectivity index (χ1v) is 8.32. The molecule has 0 saturated carbocycles. The molecule has 104 valence electrons. The van der Waals surface area contributed by atoms with Crippen molar-refractivity contribution in [1.29, 1.82) is 0 Å². The lowest BCUT2D eigenvalue weighted by atomic mass is 10.1. The Kier molecular flexibility index (Phi) is 5.27. The highest BCUT2D eigenvalue weighted by atomic mass is 32.2. The number of para-hydroxylation sites is 1. The van der Waals surface area contributed by atoms with Crippen molar-refractivity contribution in [2.75, 3.05) is 36.6 Å². The minimum atomic E-state index is -0.125. The number of methoxy groups -OCH3 is 1. The lowest BCUT2D eigenvalue weighted by molar-refractivity contribution is 0.0951. The fraction of sp³-hybridized carbons (Fsp3) is 0.462. The molecule has 6 heteroatoms.